The van der Waals surface area contributed by atoms with Gasteiger partial charge in [-0.1, -0.05) is 12.1 Å². The number of methoxy groups -OCH3 is 1. The third-order valence-corrected chi connectivity index (χ3v) is 8.67. The maximum Gasteiger partial charge on any atom is 0.261 e. The first-order valence-electron chi connectivity index (χ1n) is 15.1. The summed E-state index contributed by atoms with van der Waals surface area (Å²) in [5.41, 5.74) is 4.52. The van der Waals surface area contributed by atoms with E-state index in [1.165, 1.54) is 0 Å². The Kier molecular flexibility index (Phi) is 8.13. The molecule has 0 saturated heterocycles. The minimum atomic E-state index is -1.17. The lowest BCUT2D eigenvalue weighted by Gasteiger charge is -2.28. The third-order valence-electron chi connectivity index (χ3n) is 8.67. The highest BCUT2D eigenvalue weighted by molar-refractivity contribution is 6.19. The van der Waals surface area contributed by atoms with Crippen molar-refractivity contribution in [3.05, 3.63) is 87.8 Å². The summed E-state index contributed by atoms with van der Waals surface area (Å²) in [6.07, 6.45) is 7.36. The molecular weight excluding hydrogens is 558 g/mol. The Hall–Kier alpha value is -4.28. The summed E-state index contributed by atoms with van der Waals surface area (Å²) in [7, 11) is 1.65. The molecule has 1 N–H and O–H groups in total. The van der Waals surface area contributed by atoms with Crippen LogP contribution >= 0.6 is 0 Å². The number of ether oxygens (including phenoxy) is 1. The Bertz CT molecular complexity index is 1770. The van der Waals surface area contributed by atoms with Crippen molar-refractivity contribution in [2.24, 2.45) is 11.3 Å². The molecule has 0 radical (unpaired) electrons. The van der Waals surface area contributed by atoms with Gasteiger partial charge in [0.25, 0.3) is 5.56 Å². The molecule has 3 aromatic heterocycles. The third kappa shape index (κ3) is 5.92. The summed E-state index contributed by atoms with van der Waals surface area (Å²) in [6.45, 7) is 8.51. The zero-order valence-corrected chi connectivity index (χ0v) is 25.8. The topological polar surface area (TPSA) is 110 Å². The van der Waals surface area contributed by atoms with Crippen molar-refractivity contribution >= 4 is 34.2 Å². The molecule has 1 saturated carbocycles. The molecule has 1 aromatic carbocycles. The number of fused-ring (bicyclic) bond motifs is 2. The van der Waals surface area contributed by atoms with Gasteiger partial charge in [0.2, 0.25) is 11.8 Å². The van der Waals surface area contributed by atoms with Crippen LogP contribution in [0.3, 0.4) is 0 Å². The number of carbonyl (C=O) groups is 2. The molecule has 0 unspecified atom stereocenters. The van der Waals surface area contributed by atoms with Crippen LogP contribution in [0.4, 0.5) is 11.4 Å². The Labute approximate surface area is 256 Å². The number of benzene rings is 1. The lowest BCUT2D eigenvalue weighted by molar-refractivity contribution is -0.136. The van der Waals surface area contributed by atoms with Gasteiger partial charge < -0.3 is 23.9 Å². The molecule has 44 heavy (non-hydrogen) atoms. The second kappa shape index (κ2) is 12.0. The van der Waals surface area contributed by atoms with Gasteiger partial charge in [-0.05, 0) is 74.9 Å². The molecule has 10 heteroatoms. The summed E-state index contributed by atoms with van der Waals surface area (Å²) in [4.78, 5) is 48.5. The van der Waals surface area contributed by atoms with Crippen molar-refractivity contribution in [3.8, 4) is 0 Å². The number of pyridine rings is 2. The van der Waals surface area contributed by atoms with Gasteiger partial charge in [0.05, 0.1) is 35.3 Å². The van der Waals surface area contributed by atoms with Crippen molar-refractivity contribution in [1.82, 2.24) is 14.5 Å². The quantitative estimate of drug-likeness (QED) is 0.246. The fourth-order valence-corrected chi connectivity index (χ4v) is 5.88. The molecule has 10 nitrogen and oxygen atoms in total. The van der Waals surface area contributed by atoms with Gasteiger partial charge in [0.1, 0.15) is 11.0 Å². The first kappa shape index (κ1) is 29.8. The van der Waals surface area contributed by atoms with E-state index in [0.29, 0.717) is 61.9 Å². The molecule has 1 aliphatic carbocycles. The first-order chi connectivity index (χ1) is 21.2. The highest BCUT2D eigenvalue weighted by atomic mass is 16.5. The minimum absolute atomic E-state index is 0.0865. The van der Waals surface area contributed by atoms with Crippen LogP contribution in [-0.2, 0) is 40.6 Å². The van der Waals surface area contributed by atoms with Crippen molar-refractivity contribution in [1.29, 1.82) is 0 Å². The lowest BCUT2D eigenvalue weighted by atomic mass is 9.90. The molecule has 4 aromatic rings. The number of anilines is 2. The highest BCUT2D eigenvalue weighted by Crippen LogP contribution is 2.39. The van der Waals surface area contributed by atoms with Crippen LogP contribution in [0.25, 0.3) is 11.0 Å². The largest absolute Gasteiger partial charge is 0.464 e. The highest BCUT2D eigenvalue weighted by Gasteiger charge is 2.44. The minimum Gasteiger partial charge on any atom is -0.464 e. The number of carbonyl (C=O) groups excluding carboxylic acids is 2. The van der Waals surface area contributed by atoms with E-state index >= 15 is 0 Å². The Morgan fingerprint density at radius 3 is 2.73 bits per heavy atom. The van der Waals surface area contributed by atoms with Crippen molar-refractivity contribution < 1.29 is 18.7 Å². The molecule has 0 atom stereocenters. The molecular formula is C34H39N5O5. The van der Waals surface area contributed by atoms with Crippen LogP contribution in [-0.4, -0.2) is 46.5 Å². The van der Waals surface area contributed by atoms with Crippen molar-refractivity contribution in [2.45, 2.75) is 59.9 Å². The molecule has 1 fully saturated rings. The van der Waals surface area contributed by atoms with E-state index in [4.69, 9.17) is 9.15 Å². The standard InChI is InChI=1S/C34H39N5O5/c1-22-17-38(31(40)26-11-15-44-30(22)26)14-13-37(20-25-6-5-12-35-28(25)21-43-4)18-24-9-10-29-27(16-24)36-32(41)34(2,3)33(42)39(29)19-23-7-8-23/h5-6,9-12,15-17,23H,7-8,13-14,18-21H2,1-4H3,(H,36,41). The number of aromatic nitrogens is 2. The number of aryl methyl sites for hydroxylation is 1. The Morgan fingerprint density at radius 1 is 1.14 bits per heavy atom. The van der Waals surface area contributed by atoms with E-state index in [1.807, 2.05) is 43.5 Å². The van der Waals surface area contributed by atoms with Gasteiger partial charge >= 0.3 is 0 Å². The number of furan rings is 1. The van der Waals surface area contributed by atoms with Gasteiger partial charge in [-0.3, -0.25) is 24.3 Å². The zero-order valence-electron chi connectivity index (χ0n) is 25.8. The Morgan fingerprint density at radius 2 is 1.95 bits per heavy atom. The number of rotatable bonds is 11. The maximum absolute atomic E-state index is 13.5. The summed E-state index contributed by atoms with van der Waals surface area (Å²) in [6, 6.07) is 11.6. The average molecular weight is 598 g/mol. The fraction of sp³-hybridized carbons (Fsp3) is 0.412. The molecule has 0 spiro atoms. The Balaban J connectivity index is 1.31. The van der Waals surface area contributed by atoms with Gasteiger partial charge in [-0.15, -0.1) is 0 Å². The second-order valence-corrected chi connectivity index (χ2v) is 12.5. The van der Waals surface area contributed by atoms with Crippen LogP contribution in [0, 0.1) is 18.3 Å². The van der Waals surface area contributed by atoms with E-state index in [2.05, 4.69) is 15.2 Å². The molecule has 2 amide bonds. The molecule has 230 valence electrons. The second-order valence-electron chi connectivity index (χ2n) is 12.5. The lowest BCUT2D eigenvalue weighted by Crippen LogP contribution is -2.45. The number of hydrogen-bond donors (Lipinski definition) is 1. The molecule has 2 aliphatic rings. The fourth-order valence-electron chi connectivity index (χ4n) is 5.88. The molecule has 4 heterocycles. The van der Waals surface area contributed by atoms with Crippen molar-refractivity contribution in [3.63, 3.8) is 0 Å². The van der Waals surface area contributed by atoms with Gasteiger partial charge in [0, 0.05) is 57.8 Å². The van der Waals surface area contributed by atoms with Gasteiger partial charge in [-0.2, -0.15) is 0 Å². The summed E-state index contributed by atoms with van der Waals surface area (Å²) in [5.74, 6) is -0.00679. The predicted molar refractivity (Wildman–Crippen MR) is 168 cm³/mol. The smallest absolute Gasteiger partial charge is 0.261 e. The van der Waals surface area contributed by atoms with E-state index in [-0.39, 0.29) is 17.4 Å². The van der Waals surface area contributed by atoms with Crippen LogP contribution in [0.5, 0.6) is 0 Å². The van der Waals surface area contributed by atoms with Crippen LogP contribution in [0.1, 0.15) is 49.1 Å². The van der Waals surface area contributed by atoms with Crippen LogP contribution in [0.15, 0.2) is 64.3 Å². The summed E-state index contributed by atoms with van der Waals surface area (Å²) in [5, 5.41) is 3.61. The average Bonchev–Trinajstić information content (AvgIpc) is 3.69. The predicted octanol–water partition coefficient (Wildman–Crippen LogP) is 4.87. The molecule has 6 rings (SSSR count). The number of nitrogens with one attached hydrogen (secondary N) is 1. The number of amides is 2. The summed E-state index contributed by atoms with van der Waals surface area (Å²) >= 11 is 0. The first-order valence-corrected chi connectivity index (χ1v) is 15.1. The molecule has 1 aliphatic heterocycles. The number of nitrogens with zero attached hydrogens (tertiary/aromatic N) is 4. The summed E-state index contributed by atoms with van der Waals surface area (Å²) < 4.78 is 12.7. The van der Waals surface area contributed by atoms with E-state index < -0.39 is 5.41 Å². The SMILES string of the molecule is COCc1ncccc1CN(CCn1cc(C)c2occc2c1=O)Cc1ccc2c(c1)NC(=O)C(C)(C)C(=O)N2CC1CC1. The van der Waals surface area contributed by atoms with Gasteiger partial charge in [0.15, 0.2) is 0 Å². The van der Waals surface area contributed by atoms with Crippen LogP contribution < -0.4 is 15.8 Å². The van der Waals surface area contributed by atoms with E-state index in [1.54, 1.807) is 49.0 Å². The maximum atomic E-state index is 13.5. The number of hydrogen-bond acceptors (Lipinski definition) is 7. The van der Waals surface area contributed by atoms with Gasteiger partial charge in [-0.25, -0.2) is 0 Å². The van der Waals surface area contributed by atoms with Crippen LogP contribution in [0.2, 0.25) is 0 Å². The molecule has 0 bridgehead atoms. The van der Waals surface area contributed by atoms with E-state index in [9.17, 15) is 14.4 Å². The monoisotopic (exact) mass is 597 g/mol. The van der Waals surface area contributed by atoms with Crippen molar-refractivity contribution in [2.75, 3.05) is 30.4 Å². The zero-order chi connectivity index (χ0) is 31.0. The normalized spacial score (nSPS) is 16.3. The van der Waals surface area contributed by atoms with E-state index in [0.717, 1.165) is 40.9 Å².